The Labute approximate surface area is 50.0 Å². The molecule has 1 saturated heterocycles. The number of nitrogens with zero attached hydrogens (tertiary/aromatic N) is 1. The van der Waals surface area contributed by atoms with E-state index in [1.807, 2.05) is 0 Å². The van der Waals surface area contributed by atoms with Gasteiger partial charge in [0.05, 0.1) is 0 Å². The maximum absolute atomic E-state index is 5.29. The third-order valence-corrected chi connectivity index (χ3v) is 1.35. The Hall–Kier alpha value is -0.340. The fourth-order valence-electron chi connectivity index (χ4n) is 0.943. The van der Waals surface area contributed by atoms with E-state index in [2.05, 4.69) is 18.0 Å². The van der Waals surface area contributed by atoms with Crippen molar-refractivity contribution in [2.75, 3.05) is 26.7 Å². The van der Waals surface area contributed by atoms with Gasteiger partial charge in [0.2, 0.25) is 0 Å². The van der Waals surface area contributed by atoms with E-state index in [0.717, 1.165) is 13.1 Å². The quantitative estimate of drug-likeness (QED) is 0.477. The first kappa shape index (κ1) is 5.79. The Balaban J connectivity index is 2.23. The molecule has 0 spiro atoms. The molecule has 2 N–H and O–H groups in total. The van der Waals surface area contributed by atoms with Crippen LogP contribution in [0.5, 0.6) is 0 Å². The monoisotopic (exact) mass is 112 g/mol. The average Bonchev–Trinajstić information content (AvgIpc) is 1.64. The van der Waals surface area contributed by atoms with E-state index >= 15 is 0 Å². The SMILES string of the molecule is CN1CC(=CCN)C1. The third-order valence-electron chi connectivity index (χ3n) is 1.35. The van der Waals surface area contributed by atoms with Crippen LogP contribution in [0.15, 0.2) is 11.6 Å². The van der Waals surface area contributed by atoms with Crippen molar-refractivity contribution in [3.8, 4) is 0 Å². The maximum Gasteiger partial charge on any atom is 0.0206 e. The van der Waals surface area contributed by atoms with Crippen molar-refractivity contribution in [1.29, 1.82) is 0 Å². The van der Waals surface area contributed by atoms with Crippen LogP contribution in [0.2, 0.25) is 0 Å². The van der Waals surface area contributed by atoms with Gasteiger partial charge in [-0.3, -0.25) is 4.90 Å². The molecule has 8 heavy (non-hydrogen) atoms. The van der Waals surface area contributed by atoms with Crippen LogP contribution < -0.4 is 5.73 Å². The highest BCUT2D eigenvalue weighted by Crippen LogP contribution is 2.09. The van der Waals surface area contributed by atoms with Gasteiger partial charge in [-0.15, -0.1) is 0 Å². The molecule has 0 aliphatic carbocycles. The summed E-state index contributed by atoms with van der Waals surface area (Å²) in [5, 5.41) is 0. The number of rotatable bonds is 1. The summed E-state index contributed by atoms with van der Waals surface area (Å²) in [4.78, 5) is 2.25. The Bertz CT molecular complexity index is 99.1. The van der Waals surface area contributed by atoms with Crippen molar-refractivity contribution < 1.29 is 0 Å². The molecule has 0 aromatic carbocycles. The van der Waals surface area contributed by atoms with Gasteiger partial charge in [-0.05, 0) is 12.6 Å². The molecule has 0 saturated carbocycles. The molecule has 0 radical (unpaired) electrons. The molecule has 0 amide bonds. The first-order chi connectivity index (χ1) is 3.83. The molecule has 2 nitrogen and oxygen atoms in total. The summed E-state index contributed by atoms with van der Waals surface area (Å²) in [7, 11) is 2.11. The highest BCUT2D eigenvalue weighted by atomic mass is 15.1. The minimum Gasteiger partial charge on any atom is -0.327 e. The van der Waals surface area contributed by atoms with Crippen molar-refractivity contribution >= 4 is 0 Å². The van der Waals surface area contributed by atoms with E-state index in [-0.39, 0.29) is 0 Å². The molecule has 1 fully saturated rings. The van der Waals surface area contributed by atoms with E-state index in [9.17, 15) is 0 Å². The average molecular weight is 112 g/mol. The van der Waals surface area contributed by atoms with E-state index in [0.29, 0.717) is 6.54 Å². The summed E-state index contributed by atoms with van der Waals surface area (Å²) < 4.78 is 0. The Morgan fingerprint density at radius 3 is 2.75 bits per heavy atom. The standard InChI is InChI=1S/C6H12N2/c1-8-4-6(5-8)2-3-7/h2H,3-5,7H2,1H3. The first-order valence-corrected chi connectivity index (χ1v) is 2.89. The molecule has 0 unspecified atom stereocenters. The molecular weight excluding hydrogens is 100 g/mol. The first-order valence-electron chi connectivity index (χ1n) is 2.89. The van der Waals surface area contributed by atoms with Crippen molar-refractivity contribution in [2.24, 2.45) is 5.73 Å². The largest absolute Gasteiger partial charge is 0.327 e. The Morgan fingerprint density at radius 2 is 2.38 bits per heavy atom. The zero-order valence-electron chi connectivity index (χ0n) is 5.22. The third kappa shape index (κ3) is 1.08. The second kappa shape index (κ2) is 2.29. The lowest BCUT2D eigenvalue weighted by Gasteiger charge is -2.29. The zero-order chi connectivity index (χ0) is 5.98. The van der Waals surface area contributed by atoms with Crippen LogP contribution in [0.3, 0.4) is 0 Å². The molecule has 1 heterocycles. The van der Waals surface area contributed by atoms with Crippen LogP contribution in [0.1, 0.15) is 0 Å². The molecule has 0 atom stereocenters. The zero-order valence-corrected chi connectivity index (χ0v) is 5.22. The van der Waals surface area contributed by atoms with Crippen LogP contribution in [0.4, 0.5) is 0 Å². The van der Waals surface area contributed by atoms with E-state index in [1.54, 1.807) is 0 Å². The summed E-state index contributed by atoms with van der Waals surface area (Å²) >= 11 is 0. The molecule has 0 aromatic rings. The topological polar surface area (TPSA) is 29.3 Å². The summed E-state index contributed by atoms with van der Waals surface area (Å²) in [6, 6.07) is 0. The highest BCUT2D eigenvalue weighted by molar-refractivity contribution is 5.14. The fourth-order valence-corrected chi connectivity index (χ4v) is 0.943. The van der Waals surface area contributed by atoms with Gasteiger partial charge in [0.25, 0.3) is 0 Å². The van der Waals surface area contributed by atoms with Crippen LogP contribution in [0, 0.1) is 0 Å². The highest BCUT2D eigenvalue weighted by Gasteiger charge is 2.13. The van der Waals surface area contributed by atoms with Gasteiger partial charge in [-0.2, -0.15) is 0 Å². The normalized spacial score (nSPS) is 20.5. The molecule has 0 aromatic heterocycles. The van der Waals surface area contributed by atoms with Crippen LogP contribution in [-0.4, -0.2) is 31.6 Å². The lowest BCUT2D eigenvalue weighted by atomic mass is 10.1. The molecule has 1 aliphatic heterocycles. The smallest absolute Gasteiger partial charge is 0.0206 e. The molecule has 46 valence electrons. The maximum atomic E-state index is 5.29. The summed E-state index contributed by atoms with van der Waals surface area (Å²) in [6.07, 6.45) is 2.10. The molecular formula is C6H12N2. The van der Waals surface area contributed by atoms with Crippen molar-refractivity contribution in [3.05, 3.63) is 11.6 Å². The predicted octanol–water partition coefficient (Wildman–Crippen LogP) is -0.183. The molecule has 2 heteroatoms. The van der Waals surface area contributed by atoms with Crippen LogP contribution >= 0.6 is 0 Å². The van der Waals surface area contributed by atoms with E-state index < -0.39 is 0 Å². The van der Waals surface area contributed by atoms with Gasteiger partial charge < -0.3 is 5.73 Å². The van der Waals surface area contributed by atoms with E-state index in [4.69, 9.17) is 5.73 Å². The Kier molecular flexibility index (Phi) is 1.65. The lowest BCUT2D eigenvalue weighted by Crippen LogP contribution is -2.36. The van der Waals surface area contributed by atoms with Crippen molar-refractivity contribution in [3.63, 3.8) is 0 Å². The number of nitrogens with two attached hydrogens (primary N) is 1. The summed E-state index contributed by atoms with van der Waals surface area (Å²) in [6.45, 7) is 2.94. The summed E-state index contributed by atoms with van der Waals surface area (Å²) in [5.74, 6) is 0. The summed E-state index contributed by atoms with van der Waals surface area (Å²) in [5.41, 5.74) is 6.77. The number of hydrogen-bond acceptors (Lipinski definition) is 2. The second-order valence-electron chi connectivity index (χ2n) is 2.27. The predicted molar refractivity (Wildman–Crippen MR) is 34.6 cm³/mol. The van der Waals surface area contributed by atoms with Gasteiger partial charge in [-0.1, -0.05) is 6.08 Å². The minimum absolute atomic E-state index is 0.698. The Morgan fingerprint density at radius 1 is 1.75 bits per heavy atom. The lowest BCUT2D eigenvalue weighted by molar-refractivity contribution is 0.309. The molecule has 0 bridgehead atoms. The van der Waals surface area contributed by atoms with Crippen molar-refractivity contribution in [1.82, 2.24) is 4.90 Å². The minimum atomic E-state index is 0.698. The van der Waals surface area contributed by atoms with Gasteiger partial charge in [0.15, 0.2) is 0 Å². The number of likely N-dealkylation sites (tertiary alicyclic amines) is 1. The van der Waals surface area contributed by atoms with Gasteiger partial charge in [-0.25, -0.2) is 0 Å². The van der Waals surface area contributed by atoms with Gasteiger partial charge in [0.1, 0.15) is 0 Å². The van der Waals surface area contributed by atoms with E-state index in [1.165, 1.54) is 5.57 Å². The van der Waals surface area contributed by atoms with Crippen LogP contribution in [0.25, 0.3) is 0 Å². The van der Waals surface area contributed by atoms with Gasteiger partial charge in [0, 0.05) is 19.6 Å². The molecule has 1 aliphatic rings. The number of hydrogen-bond donors (Lipinski definition) is 1. The second-order valence-corrected chi connectivity index (χ2v) is 2.27. The van der Waals surface area contributed by atoms with Crippen LogP contribution in [-0.2, 0) is 0 Å². The van der Waals surface area contributed by atoms with Crippen molar-refractivity contribution in [2.45, 2.75) is 0 Å². The van der Waals surface area contributed by atoms with Gasteiger partial charge >= 0.3 is 0 Å². The fraction of sp³-hybridized carbons (Fsp3) is 0.667. The molecule has 1 rings (SSSR count). The number of likely N-dealkylation sites (N-methyl/N-ethyl adjacent to an activating group) is 1.